The molecule has 3 nitrogen and oxygen atoms in total. The van der Waals surface area contributed by atoms with E-state index in [1.54, 1.807) is 5.57 Å². The molecule has 71 heavy (non-hydrogen) atoms. The zero-order valence-corrected chi connectivity index (χ0v) is 46.9. The van der Waals surface area contributed by atoms with Gasteiger partial charge in [0, 0.05) is 33.9 Å². The van der Waals surface area contributed by atoms with E-state index in [4.69, 9.17) is 4.42 Å². The number of allylic oxidation sites excluding steroid dienone is 4. The number of fused-ring (bicyclic) bond motifs is 8. The second kappa shape index (κ2) is 15.5. The van der Waals surface area contributed by atoms with Gasteiger partial charge >= 0.3 is 0 Å². The van der Waals surface area contributed by atoms with Crippen LogP contribution in [0.25, 0.3) is 17.2 Å². The van der Waals surface area contributed by atoms with E-state index in [-0.39, 0.29) is 44.6 Å². The van der Waals surface area contributed by atoms with Crippen molar-refractivity contribution in [1.82, 2.24) is 0 Å². The fraction of sp³-hybridized carbons (Fsp3) is 0.493. The van der Waals surface area contributed by atoms with Crippen molar-refractivity contribution in [3.8, 4) is 11.1 Å². The number of benzene rings is 4. The Labute approximate surface area is 429 Å². The molecule has 11 rings (SSSR count). The summed E-state index contributed by atoms with van der Waals surface area (Å²) in [5.74, 6) is 1.97. The van der Waals surface area contributed by atoms with Gasteiger partial charge in [0.05, 0.1) is 17.0 Å². The van der Waals surface area contributed by atoms with Crippen LogP contribution in [0.2, 0.25) is 0 Å². The Balaban J connectivity index is 1.25. The minimum atomic E-state index is -0.0878. The molecule has 1 saturated carbocycles. The molecule has 4 aliphatic carbocycles. The van der Waals surface area contributed by atoms with Gasteiger partial charge in [-0.05, 0) is 182 Å². The van der Waals surface area contributed by atoms with E-state index in [0.29, 0.717) is 11.8 Å². The molecule has 1 aromatic heterocycles. The predicted molar refractivity (Wildman–Crippen MR) is 306 cm³/mol. The molecular formula is C67H83BN2O. The molecular weight excluding hydrogens is 860 g/mol. The molecule has 5 aromatic rings. The van der Waals surface area contributed by atoms with Crippen LogP contribution in [0.4, 0.5) is 28.4 Å². The first-order valence-electron chi connectivity index (χ1n) is 27.4. The van der Waals surface area contributed by atoms with Gasteiger partial charge in [0.2, 0.25) is 0 Å². The van der Waals surface area contributed by atoms with Crippen molar-refractivity contribution in [3.63, 3.8) is 0 Å². The summed E-state index contributed by atoms with van der Waals surface area (Å²) in [4.78, 5) is 5.38. The van der Waals surface area contributed by atoms with E-state index in [0.717, 1.165) is 24.3 Å². The number of anilines is 5. The molecule has 2 aliphatic heterocycles. The van der Waals surface area contributed by atoms with Crippen molar-refractivity contribution < 1.29 is 4.42 Å². The molecule has 2 atom stereocenters. The van der Waals surface area contributed by atoms with Crippen LogP contribution in [0, 0.1) is 35.0 Å². The monoisotopic (exact) mass is 943 g/mol. The molecule has 1 fully saturated rings. The zero-order valence-electron chi connectivity index (χ0n) is 46.9. The van der Waals surface area contributed by atoms with E-state index in [1.807, 2.05) is 0 Å². The molecule has 4 aromatic carbocycles. The highest BCUT2D eigenvalue weighted by Crippen LogP contribution is 2.59. The molecule has 3 heterocycles. The smallest absolute Gasteiger partial charge is 0.297 e. The molecule has 0 radical (unpaired) electrons. The maximum absolute atomic E-state index is 7.81. The fourth-order valence-corrected chi connectivity index (χ4v) is 13.8. The first-order valence-corrected chi connectivity index (χ1v) is 27.4. The summed E-state index contributed by atoms with van der Waals surface area (Å²) in [5.41, 5.74) is 24.4. The number of hydrogen-bond acceptors (Lipinski definition) is 3. The molecule has 0 spiro atoms. The standard InChI is InChI=1S/C67H83BN2O/c1-40-33-55-58-56(34-40)70(53-28-25-44(63(8,9)10)35-46(53)41-19-21-42(22-20-41)61(2,3)4)59-47-36-48-51(67(17,18)32-29-64(48,11)12)39-57(47)71-60(59)68(58)52-37-49-50(66(15,16)31-30-65(49,13)14)38-54(52)69(55)45-26-23-43(24-27-45)62(5,6)7/h19-23,25-28,33-35,37-39,43,48H,24,29-32,36H2,1-18H3. The third-order valence-corrected chi connectivity index (χ3v) is 18.9. The summed E-state index contributed by atoms with van der Waals surface area (Å²) in [6.45, 7) is 43.4. The Bertz CT molecular complexity index is 3120. The van der Waals surface area contributed by atoms with Gasteiger partial charge in [0.1, 0.15) is 5.76 Å². The first-order chi connectivity index (χ1) is 33.0. The van der Waals surface area contributed by atoms with E-state index < -0.39 is 0 Å². The Morgan fingerprint density at radius 2 is 1.24 bits per heavy atom. The molecule has 6 aliphatic rings. The lowest BCUT2D eigenvalue weighted by molar-refractivity contribution is 0.123. The highest BCUT2D eigenvalue weighted by Gasteiger charge is 2.53. The van der Waals surface area contributed by atoms with Crippen molar-refractivity contribution in [2.24, 2.45) is 28.1 Å². The maximum Gasteiger partial charge on any atom is 0.297 e. The quantitative estimate of drug-likeness (QED) is 0.165. The summed E-state index contributed by atoms with van der Waals surface area (Å²) in [6.07, 6.45) is 16.8. The lowest BCUT2D eigenvalue weighted by atomic mass is 9.35. The third-order valence-electron chi connectivity index (χ3n) is 18.9. The SMILES string of the molecule is Cc1cc2c3c(c1)N(c1ccc(C(C)(C)C)cc1-c1ccc(C(C)(C)C)cc1)c1c(oc4c1CC1C(=C4)C(C)(C)CCC1(C)C)B3c1cc3c(cc1N2C1=CCC(C(C)(C)C)C=C1)C(C)(C)CCC3(C)C. The van der Waals surface area contributed by atoms with Gasteiger partial charge < -0.3 is 14.2 Å². The van der Waals surface area contributed by atoms with Crippen LogP contribution in [-0.4, -0.2) is 6.71 Å². The van der Waals surface area contributed by atoms with Crippen LogP contribution in [0.3, 0.4) is 0 Å². The Kier molecular flexibility index (Phi) is 10.6. The molecule has 370 valence electrons. The molecule has 0 saturated heterocycles. The number of rotatable bonds is 3. The molecule has 2 unspecified atom stereocenters. The molecule has 0 amide bonds. The van der Waals surface area contributed by atoms with Gasteiger partial charge in [0.15, 0.2) is 0 Å². The summed E-state index contributed by atoms with van der Waals surface area (Å²) in [6, 6.07) is 27.2. The van der Waals surface area contributed by atoms with E-state index in [9.17, 15) is 0 Å². The van der Waals surface area contributed by atoms with Crippen LogP contribution in [0.5, 0.6) is 0 Å². The van der Waals surface area contributed by atoms with Crippen LogP contribution in [0.1, 0.15) is 189 Å². The van der Waals surface area contributed by atoms with Crippen molar-refractivity contribution in [2.75, 3.05) is 9.80 Å². The van der Waals surface area contributed by atoms with Crippen molar-refractivity contribution >= 4 is 57.8 Å². The maximum atomic E-state index is 7.81. The Morgan fingerprint density at radius 3 is 1.85 bits per heavy atom. The third kappa shape index (κ3) is 7.63. The average Bonchev–Trinajstić information content (AvgIpc) is 3.66. The summed E-state index contributed by atoms with van der Waals surface area (Å²) in [7, 11) is 0. The minimum Gasteiger partial charge on any atom is -0.468 e. The number of aryl methyl sites for hydroxylation is 1. The summed E-state index contributed by atoms with van der Waals surface area (Å²) < 4.78 is 7.81. The van der Waals surface area contributed by atoms with Gasteiger partial charge in [-0.15, -0.1) is 0 Å². The normalized spacial score (nSPS) is 22.4. The number of nitrogens with zero attached hydrogens (tertiary/aromatic N) is 2. The summed E-state index contributed by atoms with van der Waals surface area (Å²) in [5, 5.41) is 0. The van der Waals surface area contributed by atoms with Gasteiger partial charge in [-0.1, -0.05) is 172 Å². The van der Waals surface area contributed by atoms with E-state index >= 15 is 0 Å². The number of hydrogen-bond donors (Lipinski definition) is 0. The highest BCUT2D eigenvalue weighted by atomic mass is 16.3. The van der Waals surface area contributed by atoms with Crippen LogP contribution in [0.15, 0.2) is 101 Å². The lowest BCUT2D eigenvalue weighted by Crippen LogP contribution is -2.62. The van der Waals surface area contributed by atoms with Crippen molar-refractivity contribution in [1.29, 1.82) is 0 Å². The highest BCUT2D eigenvalue weighted by molar-refractivity contribution is 6.99. The first kappa shape index (κ1) is 48.3. The average molecular weight is 943 g/mol. The Hall–Kier alpha value is -4.96. The van der Waals surface area contributed by atoms with Crippen LogP contribution >= 0.6 is 0 Å². The van der Waals surface area contributed by atoms with Crippen LogP contribution < -0.4 is 26.4 Å². The molecule has 4 heteroatoms. The van der Waals surface area contributed by atoms with E-state index in [2.05, 4.69) is 225 Å². The summed E-state index contributed by atoms with van der Waals surface area (Å²) >= 11 is 0. The minimum absolute atomic E-state index is 0.0341. The van der Waals surface area contributed by atoms with Gasteiger partial charge in [-0.3, -0.25) is 0 Å². The topological polar surface area (TPSA) is 19.6 Å². The Morgan fingerprint density at radius 1 is 0.634 bits per heavy atom. The largest absolute Gasteiger partial charge is 0.468 e. The van der Waals surface area contributed by atoms with Crippen LogP contribution in [-0.2, 0) is 28.1 Å². The lowest BCUT2D eigenvalue weighted by Gasteiger charge is -2.50. The second-order valence-electron chi connectivity index (χ2n) is 28.9. The molecule has 0 N–H and O–H groups in total. The zero-order chi connectivity index (χ0) is 50.9. The predicted octanol–water partition coefficient (Wildman–Crippen LogP) is 16.9. The second-order valence-corrected chi connectivity index (χ2v) is 28.9. The molecule has 0 bridgehead atoms. The van der Waals surface area contributed by atoms with Gasteiger partial charge in [0.25, 0.3) is 6.71 Å². The fourth-order valence-electron chi connectivity index (χ4n) is 13.8. The van der Waals surface area contributed by atoms with Crippen molar-refractivity contribution in [2.45, 2.75) is 185 Å². The van der Waals surface area contributed by atoms with E-state index in [1.165, 1.54) is 115 Å². The van der Waals surface area contributed by atoms with Crippen molar-refractivity contribution in [3.05, 3.63) is 135 Å². The van der Waals surface area contributed by atoms with Gasteiger partial charge in [-0.2, -0.15) is 0 Å². The number of furan rings is 1. The van der Waals surface area contributed by atoms with Gasteiger partial charge in [-0.25, -0.2) is 0 Å².